The van der Waals surface area contributed by atoms with E-state index in [-0.39, 0.29) is 42.1 Å². The number of nitrogens with zero attached hydrogens (tertiary/aromatic N) is 2. The molecule has 0 fully saturated rings. The van der Waals surface area contributed by atoms with Crippen molar-refractivity contribution < 1.29 is 18.9 Å². The Morgan fingerprint density at radius 2 is 1.63 bits per heavy atom. The van der Waals surface area contributed by atoms with Gasteiger partial charge in [-0.1, -0.05) is 74.5 Å². The minimum atomic E-state index is -0.830. The van der Waals surface area contributed by atoms with Crippen molar-refractivity contribution in [2.45, 2.75) is 38.6 Å². The van der Waals surface area contributed by atoms with Crippen LogP contribution in [0.5, 0.6) is 0 Å². The summed E-state index contributed by atoms with van der Waals surface area (Å²) in [5.74, 6) is -0.267. The zero-order chi connectivity index (χ0) is 27.5. The van der Waals surface area contributed by atoms with Crippen molar-refractivity contribution in [3.8, 4) is 0 Å². The average molecular weight is 538 g/mol. The van der Waals surface area contributed by atoms with E-state index in [1.54, 1.807) is 30.3 Å². The molecule has 3 aromatic rings. The molecule has 0 saturated carbocycles. The molecule has 0 radical (unpaired) electrons. The fraction of sp³-hybridized carbons (Fsp3) is 0.310. The summed E-state index contributed by atoms with van der Waals surface area (Å²) in [6, 6.07) is 21.0. The van der Waals surface area contributed by atoms with E-state index in [9.17, 15) is 24.1 Å². The largest absolute Gasteiger partial charge is 0.354 e. The molecule has 1 N–H and O–H groups in total. The van der Waals surface area contributed by atoms with Crippen molar-refractivity contribution in [3.05, 3.63) is 111 Å². The molecule has 200 valence electrons. The number of nitro benzene ring substituents is 1. The van der Waals surface area contributed by atoms with E-state index in [1.807, 2.05) is 44.2 Å². The van der Waals surface area contributed by atoms with Crippen molar-refractivity contribution in [2.24, 2.45) is 5.92 Å². The number of halogens is 1. The molecule has 3 aromatic carbocycles. The number of nitro groups is 1. The number of hydrogen-bond donors (Lipinski definition) is 1. The van der Waals surface area contributed by atoms with Gasteiger partial charge in [0.25, 0.3) is 5.69 Å². The summed E-state index contributed by atoms with van der Waals surface area (Å²) in [5.41, 5.74) is 2.06. The van der Waals surface area contributed by atoms with E-state index in [2.05, 4.69) is 5.32 Å². The molecule has 0 saturated heterocycles. The van der Waals surface area contributed by atoms with Crippen LogP contribution in [0.25, 0.3) is 0 Å². The number of carbonyl (C=O) groups is 2. The van der Waals surface area contributed by atoms with E-state index >= 15 is 0 Å². The number of nitrogens with one attached hydrogen (secondary N) is 1. The molecule has 0 heterocycles. The quantitative estimate of drug-likeness (QED) is 0.233. The van der Waals surface area contributed by atoms with Crippen LogP contribution >= 0.6 is 11.8 Å². The van der Waals surface area contributed by atoms with Gasteiger partial charge in [-0.15, -0.1) is 11.8 Å². The van der Waals surface area contributed by atoms with Crippen molar-refractivity contribution in [1.82, 2.24) is 10.2 Å². The molecule has 0 aliphatic carbocycles. The Labute approximate surface area is 226 Å². The number of carbonyl (C=O) groups excluding carboxylic acids is 2. The normalized spacial score (nSPS) is 11.7. The first-order chi connectivity index (χ1) is 18.2. The lowest BCUT2D eigenvalue weighted by Gasteiger charge is -2.32. The lowest BCUT2D eigenvalue weighted by molar-refractivity contribution is -0.384. The van der Waals surface area contributed by atoms with Crippen molar-refractivity contribution >= 4 is 29.3 Å². The molecular weight excluding hydrogens is 505 g/mol. The number of hydrogen-bond acceptors (Lipinski definition) is 5. The Morgan fingerprint density at radius 3 is 2.26 bits per heavy atom. The number of amides is 2. The highest BCUT2D eigenvalue weighted by Gasteiger charge is 2.30. The zero-order valence-electron chi connectivity index (χ0n) is 21.5. The highest BCUT2D eigenvalue weighted by Crippen LogP contribution is 2.21. The topological polar surface area (TPSA) is 92.6 Å². The van der Waals surface area contributed by atoms with Gasteiger partial charge in [-0.3, -0.25) is 19.7 Å². The maximum atomic E-state index is 14.6. The molecule has 0 aliphatic heterocycles. The van der Waals surface area contributed by atoms with Crippen LogP contribution < -0.4 is 5.32 Å². The maximum Gasteiger partial charge on any atom is 0.269 e. The van der Waals surface area contributed by atoms with Crippen LogP contribution in [0.3, 0.4) is 0 Å². The Balaban J connectivity index is 1.82. The average Bonchev–Trinajstić information content (AvgIpc) is 2.91. The van der Waals surface area contributed by atoms with Gasteiger partial charge in [-0.05, 0) is 23.1 Å². The third-order valence-electron chi connectivity index (χ3n) is 5.90. The molecule has 7 nitrogen and oxygen atoms in total. The molecule has 9 heteroatoms. The molecule has 0 bridgehead atoms. The molecule has 1 atom stereocenters. The van der Waals surface area contributed by atoms with E-state index in [0.717, 1.165) is 11.1 Å². The predicted octanol–water partition coefficient (Wildman–Crippen LogP) is 5.38. The Morgan fingerprint density at radius 1 is 0.974 bits per heavy atom. The fourth-order valence-electron chi connectivity index (χ4n) is 3.84. The van der Waals surface area contributed by atoms with Crippen LogP contribution in [0, 0.1) is 21.8 Å². The highest BCUT2D eigenvalue weighted by atomic mass is 32.2. The summed E-state index contributed by atoms with van der Waals surface area (Å²) < 4.78 is 14.6. The number of rotatable bonds is 13. The summed E-state index contributed by atoms with van der Waals surface area (Å²) in [5, 5.41) is 13.8. The second-order valence-corrected chi connectivity index (χ2v) is 10.4. The smallest absolute Gasteiger partial charge is 0.269 e. The van der Waals surface area contributed by atoms with Gasteiger partial charge in [0.05, 0.1) is 10.7 Å². The Hall–Kier alpha value is -3.72. The van der Waals surface area contributed by atoms with E-state index in [0.29, 0.717) is 17.9 Å². The second kappa shape index (κ2) is 14.3. The lowest BCUT2D eigenvalue weighted by Crippen LogP contribution is -2.51. The zero-order valence-corrected chi connectivity index (χ0v) is 22.3. The van der Waals surface area contributed by atoms with E-state index in [1.165, 1.54) is 34.9 Å². The van der Waals surface area contributed by atoms with E-state index in [4.69, 9.17) is 0 Å². The molecule has 0 aliphatic rings. The van der Waals surface area contributed by atoms with Crippen molar-refractivity contribution in [1.29, 1.82) is 0 Å². The molecule has 38 heavy (non-hydrogen) atoms. The van der Waals surface area contributed by atoms with Crippen LogP contribution in [0.2, 0.25) is 0 Å². The summed E-state index contributed by atoms with van der Waals surface area (Å²) in [7, 11) is 0. The predicted molar refractivity (Wildman–Crippen MR) is 148 cm³/mol. The van der Waals surface area contributed by atoms with Crippen LogP contribution in [0.4, 0.5) is 10.1 Å². The van der Waals surface area contributed by atoms with Gasteiger partial charge in [0.15, 0.2) is 0 Å². The Kier molecular flexibility index (Phi) is 10.8. The van der Waals surface area contributed by atoms with Gasteiger partial charge in [-0.2, -0.15) is 0 Å². The lowest BCUT2D eigenvalue weighted by atomic mass is 10.0. The standard InChI is InChI=1S/C29H32FN3O4S/c1-21(2)17-31-29(35)27(16-22-8-4-3-5-9-22)32(18-24-10-6-7-11-26(24)30)28(34)20-38-19-23-12-14-25(15-13-23)33(36)37/h3-15,21,27H,16-20H2,1-2H3,(H,31,35)/t27-/m1/s1. The molecule has 0 spiro atoms. The Bertz CT molecular complexity index is 1220. The van der Waals surface area contributed by atoms with Gasteiger partial charge in [0.2, 0.25) is 11.8 Å². The molecule has 2 amide bonds. The number of non-ortho nitro benzene ring substituents is 1. The number of thioether (sulfide) groups is 1. The van der Waals surface area contributed by atoms with Crippen molar-refractivity contribution in [2.75, 3.05) is 12.3 Å². The van der Waals surface area contributed by atoms with Gasteiger partial charge in [-0.25, -0.2) is 4.39 Å². The second-order valence-electron chi connectivity index (χ2n) is 9.37. The first-order valence-corrected chi connectivity index (χ1v) is 13.6. The van der Waals surface area contributed by atoms with Gasteiger partial charge in [0.1, 0.15) is 11.9 Å². The molecule has 0 unspecified atom stereocenters. The third kappa shape index (κ3) is 8.69. The molecule has 3 rings (SSSR count). The molecular formula is C29H32FN3O4S. The first kappa shape index (κ1) is 28.8. The summed E-state index contributed by atoms with van der Waals surface area (Å²) in [4.78, 5) is 38.9. The van der Waals surface area contributed by atoms with Gasteiger partial charge < -0.3 is 10.2 Å². The third-order valence-corrected chi connectivity index (χ3v) is 6.88. The number of benzene rings is 3. The summed E-state index contributed by atoms with van der Waals surface area (Å²) >= 11 is 1.34. The maximum absolute atomic E-state index is 14.6. The van der Waals surface area contributed by atoms with Gasteiger partial charge in [0, 0.05) is 43.0 Å². The minimum Gasteiger partial charge on any atom is -0.354 e. The van der Waals surface area contributed by atoms with Gasteiger partial charge >= 0.3 is 0 Å². The van der Waals surface area contributed by atoms with E-state index < -0.39 is 16.8 Å². The first-order valence-electron chi connectivity index (χ1n) is 12.4. The summed E-state index contributed by atoms with van der Waals surface area (Å²) in [6.07, 6.45) is 0.290. The fourth-order valence-corrected chi connectivity index (χ4v) is 4.71. The van der Waals surface area contributed by atoms with Crippen LogP contribution in [-0.2, 0) is 28.3 Å². The van der Waals surface area contributed by atoms with Crippen molar-refractivity contribution in [3.63, 3.8) is 0 Å². The summed E-state index contributed by atoms with van der Waals surface area (Å²) in [6.45, 7) is 4.39. The highest BCUT2D eigenvalue weighted by molar-refractivity contribution is 7.99. The minimum absolute atomic E-state index is 0.00190. The monoisotopic (exact) mass is 537 g/mol. The van der Waals surface area contributed by atoms with Crippen LogP contribution in [0.1, 0.15) is 30.5 Å². The molecule has 0 aromatic heterocycles. The SMILES string of the molecule is CC(C)CNC(=O)[C@@H](Cc1ccccc1)N(Cc1ccccc1F)C(=O)CSCc1ccc([N+](=O)[O-])cc1. The van der Waals surface area contributed by atoms with Crippen LogP contribution in [-0.4, -0.2) is 40.0 Å². The van der Waals surface area contributed by atoms with Crippen LogP contribution in [0.15, 0.2) is 78.9 Å².